The minimum Gasteiger partial charge on any atom is -0.390 e. The Morgan fingerprint density at radius 2 is 1.37 bits per heavy atom. The Bertz CT molecular complexity index is 421. The van der Waals surface area contributed by atoms with Crippen LogP contribution in [0.25, 0.3) is 0 Å². The number of halogens is 3. The van der Waals surface area contributed by atoms with E-state index in [0.717, 1.165) is 6.07 Å². The number of benzene rings is 1. The molecule has 1 aromatic carbocycles. The standard InChI is InChI=1S/C12H17F3O3Si/c13-10-8-12(15)11(14)7-9(10)5-3-1-2-4-6-19(16,17)18/h7-8,16-18H,1-6H2. The van der Waals surface area contributed by atoms with Crippen molar-refractivity contribution in [3.63, 3.8) is 0 Å². The molecule has 0 amide bonds. The zero-order chi connectivity index (χ0) is 14.5. The van der Waals surface area contributed by atoms with Crippen molar-refractivity contribution in [2.75, 3.05) is 0 Å². The number of unbranched alkanes of at least 4 members (excludes halogenated alkanes) is 3. The van der Waals surface area contributed by atoms with Gasteiger partial charge in [-0.25, -0.2) is 13.2 Å². The van der Waals surface area contributed by atoms with Gasteiger partial charge in [-0.15, -0.1) is 0 Å². The zero-order valence-electron chi connectivity index (χ0n) is 10.4. The number of aryl methyl sites for hydroxylation is 1. The summed E-state index contributed by atoms with van der Waals surface area (Å²) in [4.78, 5) is 26.3. The summed E-state index contributed by atoms with van der Waals surface area (Å²) in [5, 5.41) is 0. The smallest absolute Gasteiger partial charge is 0.390 e. The minimum absolute atomic E-state index is 0.0213. The van der Waals surface area contributed by atoms with E-state index in [4.69, 9.17) is 14.4 Å². The monoisotopic (exact) mass is 294 g/mol. The summed E-state index contributed by atoms with van der Waals surface area (Å²) in [6, 6.07) is 1.37. The van der Waals surface area contributed by atoms with Gasteiger partial charge in [0.1, 0.15) is 5.82 Å². The summed E-state index contributed by atoms with van der Waals surface area (Å²) in [6.45, 7) is 0. The molecule has 0 radical (unpaired) electrons. The molecule has 0 aliphatic carbocycles. The molecule has 0 fully saturated rings. The largest absolute Gasteiger partial charge is 0.492 e. The Kier molecular flexibility index (Phi) is 5.99. The maximum Gasteiger partial charge on any atom is 0.492 e. The highest BCUT2D eigenvalue weighted by atomic mass is 28.4. The van der Waals surface area contributed by atoms with Gasteiger partial charge in [-0.05, 0) is 30.9 Å². The summed E-state index contributed by atoms with van der Waals surface area (Å²) in [7, 11) is -3.96. The Hall–Kier alpha value is -0.893. The molecule has 0 spiro atoms. The molecule has 0 heterocycles. The molecular weight excluding hydrogens is 277 g/mol. The van der Waals surface area contributed by atoms with Crippen LogP contribution in [-0.4, -0.2) is 23.2 Å². The summed E-state index contributed by atoms with van der Waals surface area (Å²) >= 11 is 0. The second-order valence-electron chi connectivity index (χ2n) is 4.55. The van der Waals surface area contributed by atoms with Crippen molar-refractivity contribution < 1.29 is 27.6 Å². The maximum atomic E-state index is 13.3. The lowest BCUT2D eigenvalue weighted by atomic mass is 10.1. The normalized spacial score (nSPS) is 11.9. The molecule has 0 saturated heterocycles. The van der Waals surface area contributed by atoms with Crippen molar-refractivity contribution in [1.82, 2.24) is 0 Å². The third-order valence-electron chi connectivity index (χ3n) is 2.80. The van der Waals surface area contributed by atoms with E-state index >= 15 is 0 Å². The van der Waals surface area contributed by atoms with Gasteiger partial charge in [-0.3, -0.25) is 0 Å². The van der Waals surface area contributed by atoms with Crippen LogP contribution in [-0.2, 0) is 6.42 Å². The van der Waals surface area contributed by atoms with Crippen LogP contribution in [0.2, 0.25) is 6.04 Å². The quantitative estimate of drug-likeness (QED) is 0.410. The molecule has 108 valence electrons. The topological polar surface area (TPSA) is 60.7 Å². The fourth-order valence-electron chi connectivity index (χ4n) is 1.79. The van der Waals surface area contributed by atoms with Crippen LogP contribution in [0.5, 0.6) is 0 Å². The summed E-state index contributed by atoms with van der Waals surface area (Å²) in [6.07, 6.45) is 2.68. The van der Waals surface area contributed by atoms with Crippen LogP contribution < -0.4 is 0 Å². The van der Waals surface area contributed by atoms with Gasteiger partial charge in [0.2, 0.25) is 0 Å². The van der Waals surface area contributed by atoms with E-state index in [2.05, 4.69) is 0 Å². The summed E-state index contributed by atoms with van der Waals surface area (Å²) < 4.78 is 38.8. The van der Waals surface area contributed by atoms with Crippen molar-refractivity contribution in [3.8, 4) is 0 Å². The Balaban J connectivity index is 2.28. The van der Waals surface area contributed by atoms with Gasteiger partial charge in [0, 0.05) is 12.1 Å². The fourth-order valence-corrected chi connectivity index (χ4v) is 2.51. The first kappa shape index (κ1) is 16.2. The molecular formula is C12H17F3O3Si. The third-order valence-corrected chi connectivity index (χ3v) is 3.82. The lowest BCUT2D eigenvalue weighted by Crippen LogP contribution is -2.33. The van der Waals surface area contributed by atoms with Crippen molar-refractivity contribution in [1.29, 1.82) is 0 Å². The van der Waals surface area contributed by atoms with Crippen LogP contribution in [0, 0.1) is 17.5 Å². The van der Waals surface area contributed by atoms with E-state index in [1.807, 2.05) is 0 Å². The van der Waals surface area contributed by atoms with Crippen LogP contribution in [0.3, 0.4) is 0 Å². The predicted molar refractivity (Wildman–Crippen MR) is 65.7 cm³/mol. The molecule has 7 heteroatoms. The van der Waals surface area contributed by atoms with E-state index in [1.54, 1.807) is 0 Å². The molecule has 0 unspecified atom stereocenters. The van der Waals surface area contributed by atoms with Crippen molar-refractivity contribution >= 4 is 8.80 Å². The predicted octanol–water partition coefficient (Wildman–Crippen LogP) is 2.12. The molecule has 19 heavy (non-hydrogen) atoms. The zero-order valence-corrected chi connectivity index (χ0v) is 11.4. The maximum absolute atomic E-state index is 13.3. The van der Waals surface area contributed by atoms with E-state index in [-0.39, 0.29) is 11.6 Å². The van der Waals surface area contributed by atoms with E-state index in [0.29, 0.717) is 38.2 Å². The molecule has 0 aliphatic rings. The van der Waals surface area contributed by atoms with Crippen molar-refractivity contribution in [2.45, 2.75) is 38.1 Å². The lowest BCUT2D eigenvalue weighted by Gasteiger charge is -2.08. The number of rotatable bonds is 7. The highest BCUT2D eigenvalue weighted by molar-refractivity contribution is 6.56. The SMILES string of the molecule is O[Si](O)(O)CCCCCCc1cc(F)c(F)cc1F. The average Bonchev–Trinajstić information content (AvgIpc) is 2.28. The van der Waals surface area contributed by atoms with Crippen molar-refractivity contribution in [2.24, 2.45) is 0 Å². The van der Waals surface area contributed by atoms with Gasteiger partial charge in [0.15, 0.2) is 11.6 Å². The fraction of sp³-hybridized carbons (Fsp3) is 0.500. The van der Waals surface area contributed by atoms with E-state index < -0.39 is 26.3 Å². The highest BCUT2D eigenvalue weighted by Crippen LogP contribution is 2.17. The van der Waals surface area contributed by atoms with Gasteiger partial charge in [-0.1, -0.05) is 12.8 Å². The van der Waals surface area contributed by atoms with Gasteiger partial charge in [0.05, 0.1) is 0 Å². The molecule has 1 rings (SSSR count). The first-order chi connectivity index (χ1) is 8.79. The van der Waals surface area contributed by atoms with Gasteiger partial charge in [0.25, 0.3) is 0 Å². The number of hydrogen-bond donors (Lipinski definition) is 3. The molecule has 0 atom stereocenters. The molecule has 3 N–H and O–H groups in total. The second-order valence-corrected chi connectivity index (χ2v) is 6.59. The van der Waals surface area contributed by atoms with E-state index in [9.17, 15) is 13.2 Å². The molecule has 0 aliphatic heterocycles. The summed E-state index contributed by atoms with van der Waals surface area (Å²) in [5.74, 6) is -3.02. The van der Waals surface area contributed by atoms with Crippen molar-refractivity contribution in [3.05, 3.63) is 35.1 Å². The highest BCUT2D eigenvalue weighted by Gasteiger charge is 2.25. The molecule has 0 saturated carbocycles. The number of hydrogen-bond acceptors (Lipinski definition) is 3. The summed E-state index contributed by atoms with van der Waals surface area (Å²) in [5.41, 5.74) is 0.133. The van der Waals surface area contributed by atoms with Crippen LogP contribution in [0.4, 0.5) is 13.2 Å². The molecule has 0 bridgehead atoms. The van der Waals surface area contributed by atoms with Crippen LogP contribution in [0.15, 0.2) is 12.1 Å². The van der Waals surface area contributed by atoms with Gasteiger partial charge >= 0.3 is 8.80 Å². The third kappa shape index (κ3) is 6.19. The van der Waals surface area contributed by atoms with Crippen LogP contribution >= 0.6 is 0 Å². The molecule has 3 nitrogen and oxygen atoms in total. The van der Waals surface area contributed by atoms with Crippen LogP contribution in [0.1, 0.15) is 31.2 Å². The second kappa shape index (κ2) is 7.04. The lowest BCUT2D eigenvalue weighted by molar-refractivity contribution is 0.226. The Morgan fingerprint density at radius 3 is 2.00 bits per heavy atom. The van der Waals surface area contributed by atoms with Gasteiger partial charge < -0.3 is 14.4 Å². The Labute approximate surface area is 110 Å². The van der Waals surface area contributed by atoms with E-state index in [1.165, 1.54) is 0 Å². The first-order valence-electron chi connectivity index (χ1n) is 6.10. The molecule has 0 aromatic heterocycles. The Morgan fingerprint density at radius 1 is 0.789 bits per heavy atom. The first-order valence-corrected chi connectivity index (χ1v) is 8.15. The minimum atomic E-state index is -3.96. The molecule has 1 aromatic rings. The van der Waals surface area contributed by atoms with Gasteiger partial charge in [-0.2, -0.15) is 0 Å². The average molecular weight is 294 g/mol.